The second-order valence-corrected chi connectivity index (χ2v) is 4.05. The van der Waals surface area contributed by atoms with E-state index in [1.807, 2.05) is 6.92 Å². The number of unbranched alkanes of at least 4 members (excludes halogenated alkanes) is 1. The number of hydrogen-bond acceptors (Lipinski definition) is 2. The summed E-state index contributed by atoms with van der Waals surface area (Å²) in [6, 6.07) is 0. The van der Waals surface area contributed by atoms with Gasteiger partial charge >= 0.3 is 0 Å². The zero-order valence-electron chi connectivity index (χ0n) is 10.0. The standard InChI is InChI=1S/C11H18ClN3O/c1-4-6-7-13-11(16)10-9(12)8(3)14-15(10)5-2/h4-7H2,1-3H3,(H,13,16). The smallest absolute Gasteiger partial charge is 0.271 e. The molecule has 0 fully saturated rings. The number of carbonyl (C=O) groups excluding carboxylic acids is 1. The van der Waals surface area contributed by atoms with Crippen molar-refractivity contribution >= 4 is 17.5 Å². The summed E-state index contributed by atoms with van der Waals surface area (Å²) in [7, 11) is 0. The second kappa shape index (κ2) is 5.89. The van der Waals surface area contributed by atoms with Gasteiger partial charge in [0.2, 0.25) is 0 Å². The van der Waals surface area contributed by atoms with Crippen molar-refractivity contribution < 1.29 is 4.79 Å². The van der Waals surface area contributed by atoms with E-state index in [2.05, 4.69) is 17.3 Å². The van der Waals surface area contributed by atoms with Gasteiger partial charge in [0.1, 0.15) is 5.69 Å². The maximum atomic E-state index is 11.9. The first-order chi connectivity index (χ1) is 7.61. The van der Waals surface area contributed by atoms with E-state index in [-0.39, 0.29) is 5.91 Å². The van der Waals surface area contributed by atoms with Gasteiger partial charge in [0.15, 0.2) is 0 Å². The van der Waals surface area contributed by atoms with Gasteiger partial charge in [-0.3, -0.25) is 9.48 Å². The molecule has 1 amide bonds. The van der Waals surface area contributed by atoms with Crippen LogP contribution in [0.3, 0.4) is 0 Å². The molecule has 1 rings (SSSR count). The van der Waals surface area contributed by atoms with Crippen molar-refractivity contribution in [1.29, 1.82) is 0 Å². The lowest BCUT2D eigenvalue weighted by Gasteiger charge is -2.06. The van der Waals surface area contributed by atoms with Crippen LogP contribution in [0.2, 0.25) is 5.02 Å². The SMILES string of the molecule is CCCCNC(=O)c1c(Cl)c(C)nn1CC. The fourth-order valence-electron chi connectivity index (χ4n) is 1.47. The van der Waals surface area contributed by atoms with Gasteiger partial charge in [0, 0.05) is 13.1 Å². The second-order valence-electron chi connectivity index (χ2n) is 3.67. The Morgan fingerprint density at radius 3 is 2.75 bits per heavy atom. The van der Waals surface area contributed by atoms with Gasteiger partial charge in [-0.25, -0.2) is 0 Å². The van der Waals surface area contributed by atoms with Crippen LogP contribution in [0.15, 0.2) is 0 Å². The minimum Gasteiger partial charge on any atom is -0.351 e. The Hall–Kier alpha value is -1.03. The molecule has 0 radical (unpaired) electrons. The minimum atomic E-state index is -0.138. The molecule has 0 aliphatic carbocycles. The number of rotatable bonds is 5. The lowest BCUT2D eigenvalue weighted by Crippen LogP contribution is -2.27. The average Bonchev–Trinajstić information content (AvgIpc) is 2.55. The van der Waals surface area contributed by atoms with E-state index in [1.54, 1.807) is 11.6 Å². The summed E-state index contributed by atoms with van der Waals surface area (Å²) in [6.07, 6.45) is 2.03. The topological polar surface area (TPSA) is 46.9 Å². The van der Waals surface area contributed by atoms with E-state index in [4.69, 9.17) is 11.6 Å². The molecule has 90 valence electrons. The summed E-state index contributed by atoms with van der Waals surface area (Å²) in [5, 5.41) is 7.50. The zero-order chi connectivity index (χ0) is 12.1. The lowest BCUT2D eigenvalue weighted by atomic mass is 10.3. The Kier molecular flexibility index (Phi) is 4.80. The molecule has 1 aromatic rings. The van der Waals surface area contributed by atoms with Crippen LogP contribution in [0, 0.1) is 6.92 Å². The Morgan fingerprint density at radius 1 is 1.50 bits per heavy atom. The summed E-state index contributed by atoms with van der Waals surface area (Å²) < 4.78 is 1.64. The largest absolute Gasteiger partial charge is 0.351 e. The number of nitrogens with one attached hydrogen (secondary N) is 1. The molecule has 0 bridgehead atoms. The molecule has 1 aromatic heterocycles. The van der Waals surface area contributed by atoms with Crippen LogP contribution in [0.5, 0.6) is 0 Å². The molecule has 0 saturated carbocycles. The molecule has 1 heterocycles. The fourth-order valence-corrected chi connectivity index (χ4v) is 1.69. The van der Waals surface area contributed by atoms with Crippen LogP contribution in [0.4, 0.5) is 0 Å². The van der Waals surface area contributed by atoms with E-state index in [9.17, 15) is 4.79 Å². The zero-order valence-corrected chi connectivity index (χ0v) is 10.8. The summed E-state index contributed by atoms with van der Waals surface area (Å²) in [4.78, 5) is 11.9. The first-order valence-electron chi connectivity index (χ1n) is 5.62. The molecular weight excluding hydrogens is 226 g/mol. The van der Waals surface area contributed by atoms with Gasteiger partial charge in [-0.05, 0) is 20.3 Å². The molecule has 4 nitrogen and oxygen atoms in total. The molecule has 1 N–H and O–H groups in total. The predicted octanol–water partition coefficient (Wildman–Crippen LogP) is 2.39. The minimum absolute atomic E-state index is 0.138. The molecule has 0 atom stereocenters. The van der Waals surface area contributed by atoms with Gasteiger partial charge in [0.05, 0.1) is 10.7 Å². The molecule has 0 spiro atoms. The molecule has 5 heteroatoms. The lowest BCUT2D eigenvalue weighted by molar-refractivity contribution is 0.0942. The number of aromatic nitrogens is 2. The van der Waals surface area contributed by atoms with Crippen LogP contribution in [0.25, 0.3) is 0 Å². The number of carbonyl (C=O) groups is 1. The fraction of sp³-hybridized carbons (Fsp3) is 0.636. The third-order valence-electron chi connectivity index (χ3n) is 2.38. The predicted molar refractivity (Wildman–Crippen MR) is 64.9 cm³/mol. The van der Waals surface area contributed by atoms with E-state index < -0.39 is 0 Å². The van der Waals surface area contributed by atoms with Crippen molar-refractivity contribution in [2.75, 3.05) is 6.54 Å². The van der Waals surface area contributed by atoms with Crippen molar-refractivity contribution in [3.05, 3.63) is 16.4 Å². The molecule has 0 unspecified atom stereocenters. The average molecular weight is 244 g/mol. The summed E-state index contributed by atoms with van der Waals surface area (Å²) >= 11 is 6.06. The molecule has 0 saturated heterocycles. The molecule has 16 heavy (non-hydrogen) atoms. The first-order valence-corrected chi connectivity index (χ1v) is 6.00. The maximum absolute atomic E-state index is 11.9. The molecule has 0 aromatic carbocycles. The molecule has 0 aliphatic heterocycles. The number of amides is 1. The number of nitrogens with zero attached hydrogens (tertiary/aromatic N) is 2. The van der Waals surface area contributed by atoms with Crippen LogP contribution < -0.4 is 5.32 Å². The molecule has 0 aliphatic rings. The van der Waals surface area contributed by atoms with Gasteiger partial charge in [-0.1, -0.05) is 24.9 Å². The third-order valence-corrected chi connectivity index (χ3v) is 2.84. The van der Waals surface area contributed by atoms with Gasteiger partial charge in [0.25, 0.3) is 5.91 Å². The van der Waals surface area contributed by atoms with Crippen molar-refractivity contribution in [2.45, 2.75) is 40.2 Å². The van der Waals surface area contributed by atoms with Crippen molar-refractivity contribution in [1.82, 2.24) is 15.1 Å². The number of halogens is 1. The van der Waals surface area contributed by atoms with Crippen LogP contribution >= 0.6 is 11.6 Å². The van der Waals surface area contributed by atoms with E-state index in [0.29, 0.717) is 29.5 Å². The summed E-state index contributed by atoms with van der Waals surface area (Å²) in [5.41, 5.74) is 1.17. The first kappa shape index (κ1) is 13.0. The third kappa shape index (κ3) is 2.76. The van der Waals surface area contributed by atoms with Crippen molar-refractivity contribution in [3.63, 3.8) is 0 Å². The monoisotopic (exact) mass is 243 g/mol. The highest BCUT2D eigenvalue weighted by molar-refractivity contribution is 6.34. The quantitative estimate of drug-likeness (QED) is 0.808. The van der Waals surface area contributed by atoms with Crippen molar-refractivity contribution in [3.8, 4) is 0 Å². The van der Waals surface area contributed by atoms with E-state index >= 15 is 0 Å². The highest BCUT2D eigenvalue weighted by Crippen LogP contribution is 2.19. The highest BCUT2D eigenvalue weighted by Gasteiger charge is 2.18. The molecular formula is C11H18ClN3O. The Bertz CT molecular complexity index is 374. The van der Waals surface area contributed by atoms with Crippen molar-refractivity contribution in [2.24, 2.45) is 0 Å². The Labute approximate surface area is 101 Å². The van der Waals surface area contributed by atoms with Crippen LogP contribution in [-0.2, 0) is 6.54 Å². The van der Waals surface area contributed by atoms with Gasteiger partial charge in [-0.2, -0.15) is 5.10 Å². The summed E-state index contributed by atoms with van der Waals surface area (Å²) in [5.74, 6) is -0.138. The number of aryl methyl sites for hydroxylation is 2. The summed E-state index contributed by atoms with van der Waals surface area (Å²) in [6.45, 7) is 7.15. The Balaban J connectivity index is 2.81. The highest BCUT2D eigenvalue weighted by atomic mass is 35.5. The van der Waals surface area contributed by atoms with E-state index in [0.717, 1.165) is 12.8 Å². The van der Waals surface area contributed by atoms with E-state index in [1.165, 1.54) is 0 Å². The van der Waals surface area contributed by atoms with Gasteiger partial charge in [-0.15, -0.1) is 0 Å². The van der Waals surface area contributed by atoms with Gasteiger partial charge < -0.3 is 5.32 Å². The maximum Gasteiger partial charge on any atom is 0.271 e. The van der Waals surface area contributed by atoms with Crippen LogP contribution in [-0.4, -0.2) is 22.2 Å². The normalized spacial score (nSPS) is 10.5. The van der Waals surface area contributed by atoms with Crippen LogP contribution in [0.1, 0.15) is 42.9 Å². The number of hydrogen-bond donors (Lipinski definition) is 1. The Morgan fingerprint density at radius 2 is 2.19 bits per heavy atom.